The van der Waals surface area contributed by atoms with Gasteiger partial charge in [0.25, 0.3) is 0 Å². The first-order chi connectivity index (χ1) is 25.1. The number of para-hydroxylation sites is 6. The fourth-order valence-corrected chi connectivity index (χ4v) is 15.1. The molecule has 1 aliphatic rings. The van der Waals surface area contributed by atoms with Gasteiger partial charge in [-0.15, -0.1) is 0 Å². The van der Waals surface area contributed by atoms with Crippen molar-refractivity contribution in [2.45, 2.75) is 4.66 Å². The van der Waals surface area contributed by atoms with Gasteiger partial charge in [-0.2, -0.15) is 0 Å². The molecule has 2 aromatic heterocycles. The van der Waals surface area contributed by atoms with Crippen LogP contribution in [0.3, 0.4) is 0 Å². The van der Waals surface area contributed by atoms with E-state index in [4.69, 9.17) is 9.72 Å². The summed E-state index contributed by atoms with van der Waals surface area (Å²) in [6.45, 7) is 0. The summed E-state index contributed by atoms with van der Waals surface area (Å²) >= 11 is 0. The zero-order chi connectivity index (χ0) is 34.2. The van der Waals surface area contributed by atoms with Crippen LogP contribution < -0.4 is 25.5 Å². The Bertz CT molecular complexity index is 2730. The van der Waals surface area contributed by atoms with Gasteiger partial charge in [0.2, 0.25) is 5.78 Å². The number of imidazole rings is 2. The molecule has 1 aliphatic heterocycles. The molecule has 0 fully saturated rings. The number of hydrogen-bond donors (Lipinski definition) is 0. The molecule has 0 N–H and O–H groups in total. The van der Waals surface area contributed by atoms with E-state index < -0.39 is 8.07 Å². The van der Waals surface area contributed by atoms with Gasteiger partial charge < -0.3 is 4.74 Å². The highest BCUT2D eigenvalue weighted by atomic mass is 28.3. The average Bonchev–Trinajstić information content (AvgIpc) is 3.71. The van der Waals surface area contributed by atoms with E-state index in [1.165, 1.54) is 31.9 Å². The van der Waals surface area contributed by atoms with Crippen LogP contribution in [0.15, 0.2) is 176 Å². The molecule has 7 aromatic carbocycles. The standard InChI is InChI=1S/C44H35N3OSi3/c49-44(50)34-21-7-12-27-40(34)48-42-35(44)22-14-28-41(42)51(31-16-3-1-4-17-31,32-18-5-2-6-19-32)33-20-13-15-30(29-33)46-38-25-10-11-26-39(38)47-37-24-9-8-23-36(37)45-43(46)47/h1-29H,49-50H3. The van der Waals surface area contributed by atoms with Crippen LogP contribution >= 0.6 is 0 Å². The molecule has 0 atom stereocenters. The lowest BCUT2D eigenvalue weighted by molar-refractivity contribution is 0.457. The number of rotatable bonds is 5. The molecule has 0 amide bonds. The molecule has 0 saturated heterocycles. The molecule has 0 unspecified atom stereocenters. The maximum Gasteiger partial charge on any atom is 0.220 e. The Morgan fingerprint density at radius 2 is 1.12 bits per heavy atom. The minimum Gasteiger partial charge on any atom is -0.457 e. The maximum atomic E-state index is 7.13. The van der Waals surface area contributed by atoms with Gasteiger partial charge in [-0.25, -0.2) is 4.98 Å². The monoisotopic (exact) mass is 705 g/mol. The first kappa shape index (κ1) is 30.1. The third kappa shape index (κ3) is 4.32. The number of aromatic nitrogens is 3. The third-order valence-electron chi connectivity index (χ3n) is 10.9. The van der Waals surface area contributed by atoms with Crippen LogP contribution in [0.4, 0.5) is 0 Å². The molecule has 7 heteroatoms. The van der Waals surface area contributed by atoms with Crippen LogP contribution in [0.5, 0.6) is 11.5 Å². The van der Waals surface area contributed by atoms with Gasteiger partial charge in [-0.05, 0) is 79.0 Å². The predicted molar refractivity (Wildman–Crippen MR) is 220 cm³/mol. The molecule has 9 aromatic rings. The quantitative estimate of drug-likeness (QED) is 0.190. The van der Waals surface area contributed by atoms with Crippen LogP contribution in [0.1, 0.15) is 11.1 Å². The summed E-state index contributed by atoms with van der Waals surface area (Å²) in [7, 11) is -0.994. The van der Waals surface area contributed by atoms with E-state index in [1.807, 2.05) is 0 Å². The maximum absolute atomic E-state index is 7.13. The first-order valence-electron chi connectivity index (χ1n) is 17.6. The van der Waals surface area contributed by atoms with Crippen LogP contribution in [0.25, 0.3) is 33.5 Å². The molecule has 3 heterocycles. The van der Waals surface area contributed by atoms with Gasteiger partial charge in [0.1, 0.15) is 11.5 Å². The molecule has 0 saturated carbocycles. The predicted octanol–water partition coefficient (Wildman–Crippen LogP) is 4.85. The van der Waals surface area contributed by atoms with Crippen molar-refractivity contribution < 1.29 is 4.74 Å². The van der Waals surface area contributed by atoms with Gasteiger partial charge in [0, 0.05) is 26.2 Å². The van der Waals surface area contributed by atoms with E-state index in [0.717, 1.165) is 65.5 Å². The molecule has 0 spiro atoms. The third-order valence-corrected chi connectivity index (χ3v) is 17.9. The van der Waals surface area contributed by atoms with Gasteiger partial charge in [-0.1, -0.05) is 133 Å². The van der Waals surface area contributed by atoms with Crippen molar-refractivity contribution in [3.05, 3.63) is 187 Å². The normalized spacial score (nSPS) is 15.6. The van der Waals surface area contributed by atoms with Crippen molar-refractivity contribution in [3.63, 3.8) is 0 Å². The molecule has 0 bridgehead atoms. The zero-order valence-electron chi connectivity index (χ0n) is 28.5. The SMILES string of the molecule is [SiH3]C1([SiH3])c2ccccc2Oc2c1cccc2[Si](c1ccccc1)(c1ccccc1)c1cccc(-n2c3ccccc3n3c4ccccc4nc23)c1. The van der Waals surface area contributed by atoms with Crippen molar-refractivity contribution in [1.29, 1.82) is 0 Å². The lowest BCUT2D eigenvalue weighted by Gasteiger charge is -2.40. The molecule has 244 valence electrons. The second-order valence-corrected chi connectivity index (χ2v) is 23.8. The summed E-state index contributed by atoms with van der Waals surface area (Å²) in [6, 6.07) is 64.3. The Morgan fingerprint density at radius 1 is 0.529 bits per heavy atom. The summed E-state index contributed by atoms with van der Waals surface area (Å²) < 4.78 is 11.8. The Kier molecular flexibility index (Phi) is 6.73. The van der Waals surface area contributed by atoms with Crippen molar-refractivity contribution in [3.8, 4) is 17.2 Å². The van der Waals surface area contributed by atoms with Crippen molar-refractivity contribution >= 4 is 77.2 Å². The minimum absolute atomic E-state index is 0.0356. The lowest BCUT2D eigenvalue weighted by Crippen LogP contribution is -2.75. The number of ether oxygens (including phenoxy) is 1. The Balaban J connectivity index is 1.31. The number of benzene rings is 7. The average molecular weight is 706 g/mol. The van der Waals surface area contributed by atoms with Crippen LogP contribution in [-0.4, -0.2) is 42.5 Å². The second kappa shape index (κ2) is 11.4. The largest absolute Gasteiger partial charge is 0.457 e. The van der Waals surface area contributed by atoms with Crippen molar-refractivity contribution in [2.24, 2.45) is 0 Å². The first-order valence-corrected chi connectivity index (χ1v) is 21.6. The highest BCUT2D eigenvalue weighted by molar-refractivity contribution is 7.20. The fraction of sp³-hybridized carbons (Fsp3) is 0.0227. The van der Waals surface area contributed by atoms with Gasteiger partial charge in [-0.3, -0.25) is 8.97 Å². The smallest absolute Gasteiger partial charge is 0.220 e. The zero-order valence-corrected chi connectivity index (χ0v) is 33.5. The van der Waals surface area contributed by atoms with E-state index >= 15 is 0 Å². The van der Waals surface area contributed by atoms with E-state index in [9.17, 15) is 0 Å². The molecule has 10 rings (SSSR count). The second-order valence-electron chi connectivity index (χ2n) is 14.0. The van der Waals surface area contributed by atoms with E-state index in [0.29, 0.717) is 0 Å². The molecular formula is C44H35N3OSi3. The number of hydrogen-bond acceptors (Lipinski definition) is 2. The number of nitrogens with zero attached hydrogens (tertiary/aromatic N) is 3. The Hall–Kier alpha value is -5.74. The number of fused-ring (bicyclic) bond motifs is 7. The van der Waals surface area contributed by atoms with Crippen molar-refractivity contribution in [2.75, 3.05) is 0 Å². The Morgan fingerprint density at radius 3 is 1.88 bits per heavy atom. The van der Waals surface area contributed by atoms with Crippen LogP contribution in [0.2, 0.25) is 0 Å². The molecule has 4 nitrogen and oxygen atoms in total. The molecular weight excluding hydrogens is 671 g/mol. The van der Waals surface area contributed by atoms with Crippen molar-refractivity contribution in [1.82, 2.24) is 14.0 Å². The van der Waals surface area contributed by atoms with Crippen LogP contribution in [-0.2, 0) is 4.66 Å². The summed E-state index contributed by atoms with van der Waals surface area (Å²) in [5.74, 6) is 2.95. The summed E-state index contributed by atoms with van der Waals surface area (Å²) in [4.78, 5) is 5.22. The van der Waals surface area contributed by atoms with E-state index in [-0.39, 0.29) is 4.66 Å². The van der Waals surface area contributed by atoms with Crippen LogP contribution in [0, 0.1) is 0 Å². The van der Waals surface area contributed by atoms with Gasteiger partial charge in [0.05, 0.1) is 22.1 Å². The summed E-state index contributed by atoms with van der Waals surface area (Å²) in [5, 5.41) is 5.23. The van der Waals surface area contributed by atoms with Gasteiger partial charge >= 0.3 is 0 Å². The molecule has 0 aliphatic carbocycles. The highest BCUT2D eigenvalue weighted by Crippen LogP contribution is 2.44. The lowest BCUT2D eigenvalue weighted by atomic mass is 9.98. The van der Waals surface area contributed by atoms with Gasteiger partial charge in [0.15, 0.2) is 8.07 Å². The fourth-order valence-electron chi connectivity index (χ4n) is 8.59. The van der Waals surface area contributed by atoms with E-state index in [1.54, 1.807) is 0 Å². The molecule has 51 heavy (non-hydrogen) atoms. The topological polar surface area (TPSA) is 31.5 Å². The summed E-state index contributed by atoms with van der Waals surface area (Å²) in [6.07, 6.45) is 0. The van der Waals surface area contributed by atoms with E-state index in [2.05, 4.69) is 185 Å². The Labute approximate surface area is 303 Å². The molecule has 0 radical (unpaired) electrons. The summed E-state index contributed by atoms with van der Waals surface area (Å²) in [5.41, 5.74) is 8.12. The highest BCUT2D eigenvalue weighted by Gasteiger charge is 2.46. The minimum atomic E-state index is -3.01.